The number of nitrogens with two attached hydrogens (primary N) is 1. The van der Waals surface area contributed by atoms with E-state index in [1.54, 1.807) is 13.2 Å². The van der Waals surface area contributed by atoms with Crippen LogP contribution in [0.4, 0.5) is 5.69 Å². The molecule has 4 rings (SSSR count). The van der Waals surface area contributed by atoms with Gasteiger partial charge in [-0.15, -0.1) is 0 Å². The number of nitrogens with zero attached hydrogens (tertiary/aromatic N) is 2. The molecule has 0 saturated carbocycles. The van der Waals surface area contributed by atoms with Gasteiger partial charge in [0, 0.05) is 16.3 Å². The largest absolute Gasteiger partial charge is 0.464 e. The SMILES string of the molecule is CC(N)=Nc1ccc2nc(-c3ccc4occc4c3)ccc2c1. The van der Waals surface area contributed by atoms with Crippen LogP contribution in [0.25, 0.3) is 33.1 Å². The van der Waals surface area contributed by atoms with E-state index >= 15 is 0 Å². The van der Waals surface area contributed by atoms with Gasteiger partial charge in [-0.1, -0.05) is 6.07 Å². The first-order chi connectivity index (χ1) is 11.2. The number of aromatic nitrogens is 1. The van der Waals surface area contributed by atoms with Crippen LogP contribution >= 0.6 is 0 Å². The highest BCUT2D eigenvalue weighted by atomic mass is 16.3. The lowest BCUT2D eigenvalue weighted by Crippen LogP contribution is -2.03. The van der Waals surface area contributed by atoms with E-state index in [0.29, 0.717) is 5.84 Å². The zero-order valence-corrected chi connectivity index (χ0v) is 12.7. The second-order valence-corrected chi connectivity index (χ2v) is 5.50. The van der Waals surface area contributed by atoms with Crippen LogP contribution in [0.5, 0.6) is 0 Å². The quantitative estimate of drug-likeness (QED) is 0.432. The number of benzene rings is 2. The molecule has 0 saturated heterocycles. The van der Waals surface area contributed by atoms with E-state index in [1.807, 2.05) is 42.5 Å². The Balaban J connectivity index is 1.80. The third kappa shape index (κ3) is 2.55. The number of amidine groups is 1. The summed E-state index contributed by atoms with van der Waals surface area (Å²) in [4.78, 5) is 9.02. The predicted molar refractivity (Wildman–Crippen MR) is 93.9 cm³/mol. The molecule has 112 valence electrons. The summed E-state index contributed by atoms with van der Waals surface area (Å²) in [5.41, 5.74) is 10.3. The Morgan fingerprint density at radius 2 is 1.91 bits per heavy atom. The molecule has 2 aromatic heterocycles. The normalized spacial score (nSPS) is 12.1. The molecule has 0 unspecified atom stereocenters. The van der Waals surface area contributed by atoms with E-state index in [9.17, 15) is 0 Å². The minimum Gasteiger partial charge on any atom is -0.464 e. The van der Waals surface area contributed by atoms with Gasteiger partial charge in [-0.3, -0.25) is 0 Å². The van der Waals surface area contributed by atoms with E-state index in [-0.39, 0.29) is 0 Å². The van der Waals surface area contributed by atoms with E-state index in [4.69, 9.17) is 15.1 Å². The Labute approximate surface area is 133 Å². The van der Waals surface area contributed by atoms with Gasteiger partial charge in [0.05, 0.1) is 29.0 Å². The van der Waals surface area contributed by atoms with Crippen molar-refractivity contribution in [3.8, 4) is 11.3 Å². The Kier molecular flexibility index (Phi) is 3.08. The smallest absolute Gasteiger partial charge is 0.133 e. The molecule has 2 aromatic carbocycles. The topological polar surface area (TPSA) is 64.4 Å². The fraction of sp³-hybridized carbons (Fsp3) is 0.0526. The molecule has 0 atom stereocenters. The number of pyridine rings is 1. The van der Waals surface area contributed by atoms with E-state index in [0.717, 1.165) is 38.8 Å². The van der Waals surface area contributed by atoms with Crippen LogP contribution in [-0.2, 0) is 0 Å². The van der Waals surface area contributed by atoms with Crippen LogP contribution in [0.2, 0.25) is 0 Å². The second-order valence-electron chi connectivity index (χ2n) is 5.50. The van der Waals surface area contributed by atoms with Crippen LogP contribution in [0.3, 0.4) is 0 Å². The van der Waals surface area contributed by atoms with Gasteiger partial charge in [0.15, 0.2) is 0 Å². The second kappa shape index (κ2) is 5.25. The highest BCUT2D eigenvalue weighted by Gasteiger charge is 2.05. The fourth-order valence-electron chi connectivity index (χ4n) is 2.67. The number of hydrogen-bond donors (Lipinski definition) is 1. The predicted octanol–water partition coefficient (Wildman–Crippen LogP) is 4.66. The lowest BCUT2D eigenvalue weighted by molar-refractivity contribution is 0.616. The molecule has 0 aliphatic heterocycles. The Bertz CT molecular complexity index is 1040. The number of fused-ring (bicyclic) bond motifs is 2. The maximum Gasteiger partial charge on any atom is 0.133 e. The molecule has 0 amide bonds. The van der Waals surface area contributed by atoms with Crippen molar-refractivity contribution in [2.45, 2.75) is 6.92 Å². The van der Waals surface area contributed by atoms with E-state index in [1.165, 1.54) is 0 Å². The zero-order chi connectivity index (χ0) is 15.8. The third-order valence-corrected chi connectivity index (χ3v) is 3.73. The Morgan fingerprint density at radius 1 is 1.00 bits per heavy atom. The van der Waals surface area contributed by atoms with E-state index < -0.39 is 0 Å². The summed E-state index contributed by atoms with van der Waals surface area (Å²) in [6, 6.07) is 18.0. The molecule has 23 heavy (non-hydrogen) atoms. The molecule has 4 nitrogen and oxygen atoms in total. The maximum absolute atomic E-state index is 5.63. The van der Waals surface area contributed by atoms with Crippen molar-refractivity contribution in [2.24, 2.45) is 10.7 Å². The van der Waals surface area contributed by atoms with E-state index in [2.05, 4.69) is 17.1 Å². The highest BCUT2D eigenvalue weighted by Crippen LogP contribution is 2.27. The van der Waals surface area contributed by atoms with Crippen molar-refractivity contribution >= 4 is 33.4 Å². The van der Waals surface area contributed by atoms with Crippen LogP contribution < -0.4 is 5.73 Å². The number of aliphatic imine (C=N–C) groups is 1. The standard InChI is InChI=1S/C19H15N3O/c1-12(20)21-16-4-6-18-14(11-16)2-5-17(22-18)13-3-7-19-15(10-13)8-9-23-19/h2-11H,1H3,(H2,20,21). The van der Waals surface area contributed by atoms with Gasteiger partial charge in [-0.2, -0.15) is 0 Å². The van der Waals surface area contributed by atoms with Gasteiger partial charge in [0.1, 0.15) is 5.58 Å². The molecule has 2 N–H and O–H groups in total. The average molecular weight is 301 g/mol. The maximum atomic E-state index is 5.63. The summed E-state index contributed by atoms with van der Waals surface area (Å²) in [5.74, 6) is 0.544. The van der Waals surface area contributed by atoms with Gasteiger partial charge in [0.25, 0.3) is 0 Å². The summed E-state index contributed by atoms with van der Waals surface area (Å²) < 4.78 is 5.38. The minimum absolute atomic E-state index is 0.544. The van der Waals surface area contributed by atoms with Crippen molar-refractivity contribution < 1.29 is 4.42 Å². The Hall–Kier alpha value is -3.14. The number of hydrogen-bond acceptors (Lipinski definition) is 3. The van der Waals surface area contributed by atoms with Crippen molar-refractivity contribution in [1.29, 1.82) is 0 Å². The first-order valence-electron chi connectivity index (χ1n) is 7.38. The molecule has 0 spiro atoms. The minimum atomic E-state index is 0.544. The number of rotatable bonds is 2. The van der Waals surface area contributed by atoms with Crippen molar-refractivity contribution in [2.75, 3.05) is 0 Å². The average Bonchev–Trinajstić information content (AvgIpc) is 3.01. The molecule has 4 aromatic rings. The monoisotopic (exact) mass is 301 g/mol. The van der Waals surface area contributed by atoms with Crippen LogP contribution in [0.15, 0.2) is 70.3 Å². The molecule has 0 fully saturated rings. The van der Waals surface area contributed by atoms with Crippen LogP contribution in [0, 0.1) is 0 Å². The summed E-state index contributed by atoms with van der Waals surface area (Å²) in [6.07, 6.45) is 1.70. The Morgan fingerprint density at radius 3 is 2.78 bits per heavy atom. The summed E-state index contributed by atoms with van der Waals surface area (Å²) in [5, 5.41) is 2.12. The number of furan rings is 1. The van der Waals surface area contributed by atoms with Crippen LogP contribution in [-0.4, -0.2) is 10.8 Å². The van der Waals surface area contributed by atoms with Gasteiger partial charge in [-0.25, -0.2) is 9.98 Å². The molecule has 0 aliphatic rings. The van der Waals surface area contributed by atoms with Crippen molar-refractivity contribution in [3.05, 3.63) is 60.9 Å². The third-order valence-electron chi connectivity index (χ3n) is 3.73. The summed E-state index contributed by atoms with van der Waals surface area (Å²) >= 11 is 0. The fourth-order valence-corrected chi connectivity index (χ4v) is 2.67. The van der Waals surface area contributed by atoms with Crippen molar-refractivity contribution in [3.63, 3.8) is 0 Å². The zero-order valence-electron chi connectivity index (χ0n) is 12.7. The molecule has 0 bridgehead atoms. The first-order valence-corrected chi connectivity index (χ1v) is 7.38. The molecular formula is C19H15N3O. The molecule has 0 aliphatic carbocycles. The highest BCUT2D eigenvalue weighted by molar-refractivity contribution is 5.88. The summed E-state index contributed by atoms with van der Waals surface area (Å²) in [7, 11) is 0. The molecular weight excluding hydrogens is 286 g/mol. The lowest BCUT2D eigenvalue weighted by Gasteiger charge is -2.04. The van der Waals surface area contributed by atoms with Gasteiger partial charge >= 0.3 is 0 Å². The van der Waals surface area contributed by atoms with Crippen LogP contribution in [0.1, 0.15) is 6.92 Å². The summed E-state index contributed by atoms with van der Waals surface area (Å²) in [6.45, 7) is 1.78. The van der Waals surface area contributed by atoms with Gasteiger partial charge in [-0.05, 0) is 55.5 Å². The van der Waals surface area contributed by atoms with Crippen molar-refractivity contribution in [1.82, 2.24) is 4.98 Å². The van der Waals surface area contributed by atoms with Gasteiger partial charge < -0.3 is 10.2 Å². The first kappa shape index (κ1) is 13.5. The molecule has 0 radical (unpaired) electrons. The lowest BCUT2D eigenvalue weighted by atomic mass is 10.1. The molecule has 4 heteroatoms. The molecule has 2 heterocycles. The van der Waals surface area contributed by atoms with Gasteiger partial charge in [0.2, 0.25) is 0 Å².